The first-order chi connectivity index (χ1) is 11.3. The Balaban J connectivity index is 1.55. The summed E-state index contributed by atoms with van der Waals surface area (Å²) in [7, 11) is 0. The van der Waals surface area contributed by atoms with Crippen LogP contribution < -0.4 is 10.2 Å². The summed E-state index contributed by atoms with van der Waals surface area (Å²) in [4.78, 5) is 15.9. The van der Waals surface area contributed by atoms with Gasteiger partial charge in [0, 0.05) is 23.7 Å². The monoisotopic (exact) mass is 346 g/mol. The van der Waals surface area contributed by atoms with Crippen LogP contribution in [0.4, 0.5) is 11.4 Å². The molecule has 1 amide bonds. The number of piperidine rings is 1. The molecule has 5 heteroatoms. The highest BCUT2D eigenvalue weighted by molar-refractivity contribution is 7.99. The number of nitrogens with one attached hydrogen (secondary N) is 1. The average molecular weight is 347 g/mol. The summed E-state index contributed by atoms with van der Waals surface area (Å²) in [5, 5.41) is 5.16. The van der Waals surface area contributed by atoms with Gasteiger partial charge < -0.3 is 10.2 Å². The van der Waals surface area contributed by atoms with Gasteiger partial charge in [0.25, 0.3) is 0 Å². The van der Waals surface area contributed by atoms with Crippen molar-refractivity contribution in [3.8, 4) is 0 Å². The van der Waals surface area contributed by atoms with Gasteiger partial charge in [-0.05, 0) is 42.8 Å². The number of hydrogen-bond donors (Lipinski definition) is 1. The molecule has 0 bridgehead atoms. The SMILES string of the molecule is O=C(CSCc1cccs1)Nc1ccccc1N1CCCCC1. The predicted molar refractivity (Wildman–Crippen MR) is 102 cm³/mol. The number of thioether (sulfide) groups is 1. The van der Waals surface area contributed by atoms with Crippen LogP contribution in [0.25, 0.3) is 0 Å². The Kier molecular flexibility index (Phi) is 6.00. The Hall–Kier alpha value is -1.46. The van der Waals surface area contributed by atoms with E-state index in [9.17, 15) is 4.79 Å². The summed E-state index contributed by atoms with van der Waals surface area (Å²) in [5.74, 6) is 1.47. The first-order valence-corrected chi connectivity index (χ1v) is 10.1. The van der Waals surface area contributed by atoms with Gasteiger partial charge in [-0.2, -0.15) is 0 Å². The number of anilines is 2. The van der Waals surface area contributed by atoms with E-state index in [-0.39, 0.29) is 5.91 Å². The molecule has 1 aliphatic heterocycles. The van der Waals surface area contributed by atoms with Crippen molar-refractivity contribution in [2.75, 3.05) is 29.1 Å². The highest BCUT2D eigenvalue weighted by Crippen LogP contribution is 2.28. The number of hydrogen-bond acceptors (Lipinski definition) is 4. The lowest BCUT2D eigenvalue weighted by Crippen LogP contribution is -2.30. The second-order valence-electron chi connectivity index (χ2n) is 5.69. The van der Waals surface area contributed by atoms with Gasteiger partial charge in [0.1, 0.15) is 0 Å². The molecule has 3 rings (SSSR count). The minimum atomic E-state index is 0.0796. The quantitative estimate of drug-likeness (QED) is 0.829. The molecular formula is C18H22N2OS2. The van der Waals surface area contributed by atoms with Gasteiger partial charge in [0.05, 0.1) is 17.1 Å². The summed E-state index contributed by atoms with van der Waals surface area (Å²) < 4.78 is 0. The van der Waals surface area contributed by atoms with Crippen molar-refractivity contribution in [3.63, 3.8) is 0 Å². The van der Waals surface area contributed by atoms with Crippen molar-refractivity contribution in [1.82, 2.24) is 0 Å². The van der Waals surface area contributed by atoms with Crippen LogP contribution in [0, 0.1) is 0 Å². The fourth-order valence-corrected chi connectivity index (χ4v) is 4.48. The molecule has 1 fully saturated rings. The molecule has 0 saturated carbocycles. The number of benzene rings is 1. The molecule has 2 heterocycles. The highest BCUT2D eigenvalue weighted by Gasteiger charge is 2.15. The first kappa shape index (κ1) is 16.4. The van der Waals surface area contributed by atoms with Gasteiger partial charge in [0.15, 0.2) is 0 Å². The third-order valence-electron chi connectivity index (χ3n) is 3.93. The van der Waals surface area contributed by atoms with Gasteiger partial charge in [0.2, 0.25) is 5.91 Å². The molecule has 3 nitrogen and oxygen atoms in total. The van der Waals surface area contributed by atoms with Crippen molar-refractivity contribution >= 4 is 40.4 Å². The lowest BCUT2D eigenvalue weighted by molar-refractivity contribution is -0.113. The van der Waals surface area contributed by atoms with Crippen molar-refractivity contribution in [1.29, 1.82) is 0 Å². The maximum atomic E-state index is 12.2. The summed E-state index contributed by atoms with van der Waals surface area (Å²) in [5.41, 5.74) is 2.10. The third kappa shape index (κ3) is 4.75. The van der Waals surface area contributed by atoms with Gasteiger partial charge in [-0.3, -0.25) is 4.79 Å². The molecule has 1 aromatic heterocycles. The third-order valence-corrected chi connectivity index (χ3v) is 5.97. The Morgan fingerprint density at radius 3 is 2.74 bits per heavy atom. The molecule has 23 heavy (non-hydrogen) atoms. The fourth-order valence-electron chi connectivity index (χ4n) is 2.82. The number of carbonyl (C=O) groups is 1. The lowest BCUT2D eigenvalue weighted by atomic mass is 10.1. The molecule has 1 aromatic carbocycles. The fraction of sp³-hybridized carbons (Fsp3) is 0.389. The summed E-state index contributed by atoms with van der Waals surface area (Å²) in [6.07, 6.45) is 3.78. The number of nitrogens with zero attached hydrogens (tertiary/aromatic N) is 1. The van der Waals surface area contributed by atoms with Crippen LogP contribution in [0.5, 0.6) is 0 Å². The Labute approximate surface area is 146 Å². The molecule has 2 aromatic rings. The van der Waals surface area contributed by atoms with Crippen LogP contribution in [0.2, 0.25) is 0 Å². The molecule has 122 valence electrons. The van der Waals surface area contributed by atoms with Gasteiger partial charge in [-0.15, -0.1) is 23.1 Å². The van der Waals surface area contributed by atoms with Gasteiger partial charge >= 0.3 is 0 Å². The van der Waals surface area contributed by atoms with Crippen LogP contribution in [-0.4, -0.2) is 24.7 Å². The first-order valence-electron chi connectivity index (χ1n) is 8.07. The van der Waals surface area contributed by atoms with Gasteiger partial charge in [-0.25, -0.2) is 0 Å². The van der Waals surface area contributed by atoms with Crippen LogP contribution in [0.1, 0.15) is 24.1 Å². The predicted octanol–water partition coefficient (Wildman–Crippen LogP) is 4.61. The molecule has 1 saturated heterocycles. The standard InChI is InChI=1S/C18H22N2OS2/c21-18(14-22-13-15-7-6-12-23-15)19-16-8-2-3-9-17(16)20-10-4-1-5-11-20/h2-3,6-9,12H,1,4-5,10-11,13-14H2,(H,19,21). The minimum Gasteiger partial charge on any atom is -0.370 e. The van der Waals surface area contributed by atoms with Crippen molar-refractivity contribution < 1.29 is 4.79 Å². The Morgan fingerprint density at radius 1 is 1.13 bits per heavy atom. The largest absolute Gasteiger partial charge is 0.370 e. The van der Waals surface area contributed by atoms with E-state index in [1.54, 1.807) is 23.1 Å². The van der Waals surface area contributed by atoms with E-state index in [0.717, 1.165) is 30.2 Å². The summed E-state index contributed by atoms with van der Waals surface area (Å²) in [6, 6.07) is 12.3. The molecule has 0 unspecified atom stereocenters. The Morgan fingerprint density at radius 2 is 1.96 bits per heavy atom. The minimum absolute atomic E-state index is 0.0796. The van der Waals surface area contributed by atoms with Crippen LogP contribution in [-0.2, 0) is 10.5 Å². The molecule has 1 aliphatic rings. The van der Waals surface area contributed by atoms with Gasteiger partial charge in [-0.1, -0.05) is 18.2 Å². The normalized spacial score (nSPS) is 14.7. The van der Waals surface area contributed by atoms with Crippen molar-refractivity contribution in [3.05, 3.63) is 46.7 Å². The molecule has 0 spiro atoms. The number of carbonyl (C=O) groups excluding carboxylic acids is 1. The van der Waals surface area contributed by atoms with E-state index in [0.29, 0.717) is 5.75 Å². The lowest BCUT2D eigenvalue weighted by Gasteiger charge is -2.30. The molecule has 0 aliphatic carbocycles. The maximum absolute atomic E-state index is 12.2. The van der Waals surface area contributed by atoms with Crippen LogP contribution in [0.3, 0.4) is 0 Å². The average Bonchev–Trinajstić information content (AvgIpc) is 3.09. The number of para-hydroxylation sites is 2. The second-order valence-corrected chi connectivity index (χ2v) is 7.70. The van der Waals surface area contributed by atoms with E-state index in [2.05, 4.69) is 33.8 Å². The smallest absolute Gasteiger partial charge is 0.234 e. The van der Waals surface area contributed by atoms with E-state index >= 15 is 0 Å². The molecule has 0 atom stereocenters. The van der Waals surface area contributed by atoms with Crippen molar-refractivity contribution in [2.24, 2.45) is 0 Å². The zero-order chi connectivity index (χ0) is 15.9. The molecular weight excluding hydrogens is 324 g/mol. The summed E-state index contributed by atoms with van der Waals surface area (Å²) in [6.45, 7) is 2.17. The van der Waals surface area contributed by atoms with E-state index < -0.39 is 0 Å². The van der Waals surface area contributed by atoms with E-state index in [1.165, 1.54) is 24.1 Å². The van der Waals surface area contributed by atoms with E-state index in [4.69, 9.17) is 0 Å². The topological polar surface area (TPSA) is 32.3 Å². The van der Waals surface area contributed by atoms with E-state index in [1.807, 2.05) is 18.2 Å². The van der Waals surface area contributed by atoms with Crippen molar-refractivity contribution in [2.45, 2.75) is 25.0 Å². The number of rotatable bonds is 6. The highest BCUT2D eigenvalue weighted by atomic mass is 32.2. The maximum Gasteiger partial charge on any atom is 0.234 e. The Bertz CT molecular complexity index is 622. The second kappa shape index (κ2) is 8.41. The molecule has 0 radical (unpaired) electrons. The zero-order valence-corrected chi connectivity index (χ0v) is 14.8. The zero-order valence-electron chi connectivity index (χ0n) is 13.2. The number of thiophene rings is 1. The molecule has 1 N–H and O–H groups in total. The summed E-state index contributed by atoms with van der Waals surface area (Å²) >= 11 is 3.41. The van der Waals surface area contributed by atoms with Crippen LogP contribution >= 0.6 is 23.1 Å². The van der Waals surface area contributed by atoms with Crippen LogP contribution in [0.15, 0.2) is 41.8 Å². The number of amides is 1.